The standard InChI is InChI=1S/C25H28B3N3O6/c26-21-24(35)30(13-25(27,28)37-21)10-14-4-6-15(7-5-14)12-36-19-3-1-2-16-17(19)11-31(23(16)34)18-8-9-20(32)29-22(18)33/h1-7,18,21H,8-13,26-28H2,(H,29,32,33). The van der Waals surface area contributed by atoms with E-state index in [9.17, 15) is 19.2 Å². The maximum Gasteiger partial charge on any atom is 0.255 e. The zero-order chi connectivity index (χ0) is 26.3. The molecule has 0 radical (unpaired) electrons. The Morgan fingerprint density at radius 2 is 1.78 bits per heavy atom. The van der Waals surface area contributed by atoms with Gasteiger partial charge in [0.25, 0.3) is 5.91 Å². The van der Waals surface area contributed by atoms with E-state index < -0.39 is 18.0 Å². The van der Waals surface area contributed by atoms with Crippen molar-refractivity contribution in [3.05, 3.63) is 64.7 Å². The molecule has 1 N–H and O–H groups in total. The molecule has 0 aromatic heterocycles. The summed E-state index contributed by atoms with van der Waals surface area (Å²) >= 11 is 0. The molecule has 5 rings (SSSR count). The predicted octanol–water partition coefficient (Wildman–Crippen LogP) is -1.74. The average Bonchev–Trinajstić information content (AvgIpc) is 3.18. The number of benzene rings is 2. The molecule has 2 unspecified atom stereocenters. The van der Waals surface area contributed by atoms with Crippen LogP contribution < -0.4 is 10.1 Å². The van der Waals surface area contributed by atoms with Crippen LogP contribution in [0, 0.1) is 0 Å². The lowest BCUT2D eigenvalue weighted by Gasteiger charge is -2.42. The number of imide groups is 1. The molecule has 4 amide bonds. The molecule has 2 aromatic carbocycles. The van der Waals surface area contributed by atoms with Crippen molar-refractivity contribution in [3.8, 4) is 5.75 Å². The first kappa shape index (κ1) is 25.1. The van der Waals surface area contributed by atoms with Crippen LogP contribution >= 0.6 is 0 Å². The van der Waals surface area contributed by atoms with Crippen molar-refractivity contribution >= 4 is 47.2 Å². The zero-order valence-electron chi connectivity index (χ0n) is 21.3. The number of nitrogens with zero attached hydrogens (tertiary/aromatic N) is 2. The number of morpholine rings is 1. The molecule has 0 bridgehead atoms. The predicted molar refractivity (Wildman–Crippen MR) is 142 cm³/mol. The minimum atomic E-state index is -0.662. The van der Waals surface area contributed by atoms with E-state index in [1.807, 2.05) is 50.9 Å². The number of rotatable bonds is 6. The summed E-state index contributed by atoms with van der Waals surface area (Å²) in [6.45, 7) is 1.62. The van der Waals surface area contributed by atoms with E-state index in [1.54, 1.807) is 20.0 Å². The molecule has 0 aliphatic carbocycles. The highest BCUT2D eigenvalue weighted by Gasteiger charge is 2.40. The van der Waals surface area contributed by atoms with Gasteiger partial charge in [-0.05, 0) is 29.7 Å². The van der Waals surface area contributed by atoms with E-state index >= 15 is 0 Å². The lowest BCUT2D eigenvalue weighted by atomic mass is 9.63. The lowest BCUT2D eigenvalue weighted by Crippen LogP contribution is -2.59. The highest BCUT2D eigenvalue weighted by molar-refractivity contribution is 6.40. The van der Waals surface area contributed by atoms with Crippen LogP contribution in [0.5, 0.6) is 5.75 Å². The molecule has 188 valence electrons. The van der Waals surface area contributed by atoms with Crippen LogP contribution in [0.3, 0.4) is 0 Å². The monoisotopic (exact) mass is 499 g/mol. The SMILES string of the molecule is BC1OC(B)(B)CN(Cc2ccc(COc3cccc4c3CN(C3CCC(=O)NC3=O)C4=O)cc2)C1=O. The van der Waals surface area contributed by atoms with Crippen molar-refractivity contribution < 1.29 is 28.7 Å². The summed E-state index contributed by atoms with van der Waals surface area (Å²) in [5.41, 5.74) is 3.24. The van der Waals surface area contributed by atoms with Crippen LogP contribution in [0.25, 0.3) is 0 Å². The minimum absolute atomic E-state index is 0.00874. The fourth-order valence-corrected chi connectivity index (χ4v) is 5.31. The van der Waals surface area contributed by atoms with Crippen LogP contribution in [0.15, 0.2) is 42.5 Å². The molecular formula is C25H28B3N3O6. The molecule has 12 heteroatoms. The van der Waals surface area contributed by atoms with Crippen LogP contribution in [-0.4, -0.2) is 81.0 Å². The number of ether oxygens (including phenoxy) is 2. The summed E-state index contributed by atoms with van der Waals surface area (Å²) in [4.78, 5) is 52.7. The van der Waals surface area contributed by atoms with Crippen molar-refractivity contribution in [1.29, 1.82) is 0 Å². The molecule has 3 heterocycles. The molecule has 3 aliphatic rings. The van der Waals surface area contributed by atoms with E-state index in [-0.39, 0.29) is 36.1 Å². The van der Waals surface area contributed by atoms with Crippen molar-refractivity contribution in [1.82, 2.24) is 15.1 Å². The Hall–Kier alpha value is -3.53. The second kappa shape index (κ2) is 9.74. The summed E-state index contributed by atoms with van der Waals surface area (Å²) in [7, 11) is 5.76. The van der Waals surface area contributed by atoms with Crippen molar-refractivity contribution in [2.75, 3.05) is 6.54 Å². The molecule has 2 fully saturated rings. The minimum Gasteiger partial charge on any atom is -0.489 e. The zero-order valence-corrected chi connectivity index (χ0v) is 21.3. The third kappa shape index (κ3) is 5.16. The number of carbonyl (C=O) groups is 4. The first-order chi connectivity index (χ1) is 17.6. The van der Waals surface area contributed by atoms with E-state index in [0.717, 1.165) is 16.7 Å². The van der Waals surface area contributed by atoms with Gasteiger partial charge in [-0.25, -0.2) is 0 Å². The van der Waals surface area contributed by atoms with Gasteiger partial charge in [0.05, 0.1) is 12.5 Å². The number of nitrogens with one attached hydrogen (secondary N) is 1. The fourth-order valence-electron chi connectivity index (χ4n) is 5.31. The normalized spacial score (nSPS) is 23.1. The molecule has 9 nitrogen and oxygen atoms in total. The van der Waals surface area contributed by atoms with Crippen LogP contribution in [0.2, 0.25) is 0 Å². The molecule has 0 spiro atoms. The van der Waals surface area contributed by atoms with Gasteiger partial charge in [-0.3, -0.25) is 24.5 Å². The second-order valence-corrected chi connectivity index (χ2v) is 10.5. The first-order valence-electron chi connectivity index (χ1n) is 12.5. The smallest absolute Gasteiger partial charge is 0.255 e. The van der Waals surface area contributed by atoms with E-state index in [1.165, 1.54) is 4.90 Å². The summed E-state index contributed by atoms with van der Waals surface area (Å²) in [5, 5.41) is 1.94. The Morgan fingerprint density at radius 1 is 1.05 bits per heavy atom. The van der Waals surface area contributed by atoms with Crippen molar-refractivity contribution in [2.45, 2.75) is 50.0 Å². The maximum atomic E-state index is 13.0. The van der Waals surface area contributed by atoms with Crippen LogP contribution in [0.4, 0.5) is 0 Å². The molecule has 2 atom stereocenters. The second-order valence-electron chi connectivity index (χ2n) is 10.5. The van der Waals surface area contributed by atoms with Crippen molar-refractivity contribution in [2.24, 2.45) is 0 Å². The molecule has 2 aromatic rings. The quantitative estimate of drug-likeness (QED) is 0.375. The van der Waals surface area contributed by atoms with Gasteiger partial charge in [-0.1, -0.05) is 30.3 Å². The van der Waals surface area contributed by atoms with Gasteiger partial charge in [-0.2, -0.15) is 0 Å². The van der Waals surface area contributed by atoms with Gasteiger partial charge in [-0.15, -0.1) is 0 Å². The number of fused-ring (bicyclic) bond motifs is 1. The van der Waals surface area contributed by atoms with Gasteiger partial charge in [0, 0.05) is 36.0 Å². The highest BCUT2D eigenvalue weighted by atomic mass is 16.5. The lowest BCUT2D eigenvalue weighted by molar-refractivity contribution is -0.152. The first-order valence-corrected chi connectivity index (χ1v) is 12.5. The highest BCUT2D eigenvalue weighted by Crippen LogP contribution is 2.34. The molecule has 3 aliphatic heterocycles. The average molecular weight is 499 g/mol. The third-order valence-corrected chi connectivity index (χ3v) is 7.06. The number of carbonyl (C=O) groups excluding carboxylic acids is 4. The Morgan fingerprint density at radius 3 is 2.51 bits per heavy atom. The number of hydrogen-bond donors (Lipinski definition) is 1. The Balaban J connectivity index is 1.23. The van der Waals surface area contributed by atoms with Crippen LogP contribution in [-0.2, 0) is 38.8 Å². The Kier molecular flexibility index (Phi) is 6.62. The van der Waals surface area contributed by atoms with Gasteiger partial charge >= 0.3 is 0 Å². The fraction of sp³-hybridized carbons (Fsp3) is 0.360. The van der Waals surface area contributed by atoms with Gasteiger partial charge < -0.3 is 19.3 Å². The maximum absolute atomic E-state index is 13.0. The van der Waals surface area contributed by atoms with Gasteiger partial charge in [0.2, 0.25) is 17.7 Å². The largest absolute Gasteiger partial charge is 0.489 e. The van der Waals surface area contributed by atoms with E-state index in [4.69, 9.17) is 9.47 Å². The van der Waals surface area contributed by atoms with Gasteiger partial charge in [0.15, 0.2) is 7.85 Å². The number of piperidine rings is 1. The number of hydrogen-bond acceptors (Lipinski definition) is 6. The summed E-state index contributed by atoms with van der Waals surface area (Å²) in [5.74, 6) is -0.382. The van der Waals surface area contributed by atoms with Gasteiger partial charge in [0.1, 0.15) is 34.1 Å². The molecular weight excluding hydrogens is 471 g/mol. The molecule has 37 heavy (non-hydrogen) atoms. The topological polar surface area (TPSA) is 105 Å². The Labute approximate surface area is 218 Å². The van der Waals surface area contributed by atoms with E-state index in [0.29, 0.717) is 37.4 Å². The molecule has 0 saturated carbocycles. The summed E-state index contributed by atoms with van der Waals surface area (Å²) in [6.07, 6.45) is 0.533. The molecule has 2 saturated heterocycles. The van der Waals surface area contributed by atoms with Crippen LogP contribution in [0.1, 0.15) is 39.9 Å². The van der Waals surface area contributed by atoms with E-state index in [2.05, 4.69) is 5.32 Å². The summed E-state index contributed by atoms with van der Waals surface area (Å²) < 4.78 is 11.9. The Bertz CT molecular complexity index is 1270. The summed E-state index contributed by atoms with van der Waals surface area (Å²) in [6, 6.07) is 12.1. The third-order valence-electron chi connectivity index (χ3n) is 7.06. The number of amides is 4. The van der Waals surface area contributed by atoms with Crippen molar-refractivity contribution in [3.63, 3.8) is 0 Å².